The Morgan fingerprint density at radius 1 is 1.03 bits per heavy atom. The fraction of sp³-hybridized carbons (Fsp3) is 0.660. The van der Waals surface area contributed by atoms with Crippen LogP contribution < -0.4 is 36.6 Å². The number of ether oxygens (including phenoxy) is 5. The van der Waals surface area contributed by atoms with Crippen LogP contribution >= 0.6 is 11.6 Å². The highest BCUT2D eigenvalue weighted by Gasteiger charge is 2.62. The first-order valence-corrected chi connectivity index (χ1v) is 27.3. The third-order valence-electron chi connectivity index (χ3n) is 14.8. The van der Waals surface area contributed by atoms with Gasteiger partial charge in [0.1, 0.15) is 68.6 Å². The number of allylic oxidation sites excluding steroid dienone is 3. The van der Waals surface area contributed by atoms with E-state index >= 15 is 0 Å². The molecule has 24 heteroatoms. The molecule has 7 amide bonds. The van der Waals surface area contributed by atoms with Gasteiger partial charge < -0.3 is 54.5 Å². The minimum absolute atomic E-state index is 0.0243. The number of aliphatic hydroxyl groups is 1. The topological polar surface area (TPSA) is 287 Å². The number of methoxy groups -OCH3 is 2. The van der Waals surface area contributed by atoms with Crippen LogP contribution in [0.1, 0.15) is 111 Å². The average molecular weight is 1110 g/mol. The Hall–Kier alpha value is -5.12. The molecule has 5 aliphatic heterocycles. The number of unbranched alkanes of at least 4 members (excludes halogenated alkanes) is 2. The Labute approximate surface area is 464 Å². The monoisotopic (exact) mass is 1110 g/mol. The highest BCUT2D eigenvalue weighted by molar-refractivity contribution is 6.35. The summed E-state index contributed by atoms with van der Waals surface area (Å²) in [6.45, 7) is 10.8. The summed E-state index contributed by atoms with van der Waals surface area (Å²) in [4.78, 5) is 112. The zero-order valence-electron chi connectivity index (χ0n) is 46.0. The molecule has 1 aromatic rings. The molecular formula is C53H78AlClN8O14. The maximum absolute atomic E-state index is 14.5. The number of likely N-dealkylation sites (tertiary alicyclic amines) is 1. The van der Waals surface area contributed by atoms with E-state index in [0.29, 0.717) is 43.5 Å². The van der Waals surface area contributed by atoms with Crippen LogP contribution in [0, 0.1) is 5.92 Å². The molecule has 5 aliphatic rings. The van der Waals surface area contributed by atoms with Crippen molar-refractivity contribution in [3.8, 4) is 5.75 Å². The number of nitrogens with zero attached hydrogens (tertiary/aromatic N) is 3. The summed E-state index contributed by atoms with van der Waals surface area (Å²) in [5.74, 6) is -3.67. The Bertz CT molecular complexity index is 2400. The Balaban J connectivity index is 1.35. The van der Waals surface area contributed by atoms with Crippen molar-refractivity contribution >= 4 is 81.1 Å². The van der Waals surface area contributed by atoms with Gasteiger partial charge in [-0.2, -0.15) is 0 Å². The number of likely N-dealkylation sites (N-methyl/N-ethyl adjacent to an activating group) is 1. The first-order chi connectivity index (χ1) is 36.2. The van der Waals surface area contributed by atoms with E-state index in [1.807, 2.05) is 25.2 Å². The maximum Gasteiger partial charge on any atom is 0.407 e. The molecule has 3 saturated heterocycles. The van der Waals surface area contributed by atoms with E-state index in [9.17, 15) is 43.5 Å². The van der Waals surface area contributed by atoms with Crippen molar-refractivity contribution in [1.82, 2.24) is 31.1 Å². The third kappa shape index (κ3) is 16.2. The number of carbonyl (C=O) groups is 8. The molecule has 7 N–H and O–H groups in total. The number of carbonyl (C=O) groups excluding carboxylic acids is 8. The Morgan fingerprint density at radius 3 is 2.35 bits per heavy atom. The predicted octanol–water partition coefficient (Wildman–Crippen LogP) is 2.84. The molecule has 5 heterocycles. The van der Waals surface area contributed by atoms with Gasteiger partial charge in [-0.25, -0.2) is 9.59 Å². The number of benzene rings is 1. The number of hydrogen-bond acceptors (Lipinski definition) is 16. The first-order valence-electron chi connectivity index (χ1n) is 26.2. The Morgan fingerprint density at radius 2 is 1.73 bits per heavy atom. The smallest absolute Gasteiger partial charge is 0.407 e. The number of nitrogens with one attached hydrogen (secondary N) is 4. The highest BCUT2D eigenvalue weighted by Crippen LogP contribution is 2.50. The molecule has 0 aromatic heterocycles. The summed E-state index contributed by atoms with van der Waals surface area (Å²) < 4.78 is 29.8. The quantitative estimate of drug-likeness (QED) is 0.0339. The second-order valence-electron chi connectivity index (χ2n) is 21.3. The normalized spacial score (nSPS) is 27.5. The van der Waals surface area contributed by atoms with Crippen LogP contribution in [0.15, 0.2) is 35.9 Å². The fourth-order valence-electron chi connectivity index (χ4n) is 10.2. The van der Waals surface area contributed by atoms with Gasteiger partial charge in [0.05, 0.1) is 31.4 Å². The summed E-state index contributed by atoms with van der Waals surface area (Å²) in [6.07, 6.45) is 3.54. The number of imide groups is 1. The van der Waals surface area contributed by atoms with E-state index in [4.69, 9.17) is 41.0 Å². The lowest BCUT2D eigenvalue weighted by molar-refractivity contribution is -0.322. The molecule has 0 saturated carbocycles. The number of anilines is 1. The van der Waals surface area contributed by atoms with Crippen LogP contribution in [0.2, 0.25) is 9.80 Å². The molecule has 22 nitrogen and oxygen atoms in total. The van der Waals surface area contributed by atoms with E-state index < -0.39 is 113 Å². The van der Waals surface area contributed by atoms with Crippen molar-refractivity contribution in [1.29, 1.82) is 0 Å². The van der Waals surface area contributed by atoms with Gasteiger partial charge in [0, 0.05) is 53.4 Å². The molecular weight excluding hydrogens is 1040 g/mol. The molecule has 6 bridgehead atoms. The molecule has 0 spiro atoms. The van der Waals surface area contributed by atoms with Gasteiger partial charge in [0.15, 0.2) is 6.35 Å². The summed E-state index contributed by atoms with van der Waals surface area (Å²) in [5, 5.41) is 20.9. The van der Waals surface area contributed by atoms with Crippen LogP contribution in [-0.4, -0.2) is 180 Å². The lowest BCUT2D eigenvalue weighted by Gasteiger charge is -2.58. The number of rotatable bonds is 21. The molecule has 11 atom stereocenters. The van der Waals surface area contributed by atoms with Crippen molar-refractivity contribution < 1.29 is 67.1 Å². The van der Waals surface area contributed by atoms with E-state index in [2.05, 4.69) is 37.6 Å². The summed E-state index contributed by atoms with van der Waals surface area (Å²) >= 11 is 9.24. The summed E-state index contributed by atoms with van der Waals surface area (Å²) in [6, 6.07) is -0.528. The molecule has 3 fully saturated rings. The van der Waals surface area contributed by atoms with E-state index in [1.165, 1.54) is 30.9 Å². The number of hydrogen-bond donors (Lipinski definition) is 6. The van der Waals surface area contributed by atoms with Crippen molar-refractivity contribution in [2.24, 2.45) is 11.7 Å². The SMILES string of the molecule is COc1cc2cc(c1Cl)N(C)C(=O)C[C@H](OC(=O)[C@H](C)N(C)C(=O)[C@H](CCCNC(N)O)NC(=O)[C@@H](NC(=O)CCCCCN1C(=O)C[CH]([Al])C1=O)C(C)C)[C@@]1(C)C[C@@](C)(O1)[C@@H]1CC(NC(=O)O1)C(OC)/C=C/C=C(\C)C2. The van der Waals surface area contributed by atoms with Gasteiger partial charge >= 0.3 is 12.1 Å². The molecule has 1 aromatic carbocycles. The number of aliphatic hydroxyl groups excluding tert-OH is 1. The van der Waals surface area contributed by atoms with E-state index in [-0.39, 0.29) is 62.0 Å². The highest BCUT2D eigenvalue weighted by atomic mass is 35.5. The van der Waals surface area contributed by atoms with Gasteiger partial charge in [-0.05, 0) is 94.7 Å². The molecule has 77 heavy (non-hydrogen) atoms. The molecule has 4 unspecified atom stereocenters. The fourth-order valence-corrected chi connectivity index (χ4v) is 10.9. The number of halogens is 1. The average Bonchev–Trinajstić information content (AvgIpc) is 3.61. The second-order valence-corrected chi connectivity index (χ2v) is 22.5. The number of esters is 1. The first kappa shape index (κ1) is 62.7. The van der Waals surface area contributed by atoms with Gasteiger partial charge in [0.2, 0.25) is 35.4 Å². The molecule has 6 rings (SSSR count). The predicted molar refractivity (Wildman–Crippen MR) is 285 cm³/mol. The zero-order valence-corrected chi connectivity index (χ0v) is 47.9. The number of amides is 7. The van der Waals surface area contributed by atoms with Gasteiger partial charge in [-0.15, -0.1) is 0 Å². The van der Waals surface area contributed by atoms with Crippen molar-refractivity contribution in [3.63, 3.8) is 0 Å². The standard InChI is InChI=1S/C53H78ClN8O14.Al/c1-30(2)46(59-41(63)19-12-11-13-23-62-42(64)20-21-43(62)65)47(67)57-34(17-15-22-56-50(55)70)48(68)60(7)32(4)49(69)74-40-28-44(66)61(8)36-25-33(26-38(73-10)45(36)54)24-31(3)16-14-18-37(72-9)35-27-39(75-51(71)58-35)52(5)29-53(40,6)76-52;/h14,16,18,20,25-26,30,32,34-35,37,39-40,46,50,56,70H,11-13,15,17,19,21-24,27-29,55H2,1-10H3,(H,57,67)(H,58,71)(H,59,63);/b18-14+,31-16+;/t32-,34-,35?,37?,39-,40-,46-,50?,52+,53+;/m0./s1. The number of nitrogens with two attached hydrogens (primary N) is 1. The molecule has 424 valence electrons. The second kappa shape index (κ2) is 27.7. The van der Waals surface area contributed by atoms with E-state index in [1.54, 1.807) is 54.0 Å². The van der Waals surface area contributed by atoms with E-state index in [0.717, 1.165) is 16.0 Å². The van der Waals surface area contributed by atoms with Gasteiger partial charge in [0.25, 0.3) is 0 Å². The zero-order chi connectivity index (χ0) is 57.1. The van der Waals surface area contributed by atoms with Crippen molar-refractivity contribution in [2.45, 2.75) is 177 Å². The maximum atomic E-state index is 14.5. The lowest BCUT2D eigenvalue weighted by Crippen LogP contribution is -2.70. The van der Waals surface area contributed by atoms with Crippen LogP contribution in [0.25, 0.3) is 0 Å². The minimum Gasteiger partial charge on any atom is -0.495 e. The van der Waals surface area contributed by atoms with Crippen LogP contribution in [0.3, 0.4) is 0 Å². The summed E-state index contributed by atoms with van der Waals surface area (Å²) in [5.41, 5.74) is 5.13. The Kier molecular flexibility index (Phi) is 22.5. The summed E-state index contributed by atoms with van der Waals surface area (Å²) in [7, 11) is 5.94. The molecule has 2 radical (unpaired) electrons. The van der Waals surface area contributed by atoms with Gasteiger partial charge in [-0.3, -0.25) is 44.7 Å². The van der Waals surface area contributed by atoms with Crippen molar-refractivity contribution in [3.05, 3.63) is 46.5 Å². The third-order valence-corrected chi connectivity index (χ3v) is 15.7. The van der Waals surface area contributed by atoms with Crippen molar-refractivity contribution in [2.75, 3.05) is 46.3 Å². The lowest BCUT2D eigenvalue weighted by atomic mass is 9.72. The van der Waals surface area contributed by atoms with Crippen LogP contribution in [-0.2, 0) is 58.9 Å². The minimum atomic E-state index is -1.34. The van der Waals surface area contributed by atoms with Crippen LogP contribution in [0.4, 0.5) is 10.5 Å². The number of fused-ring (bicyclic) bond motifs is 6. The largest absolute Gasteiger partial charge is 0.495 e. The van der Waals surface area contributed by atoms with Crippen LogP contribution in [0.5, 0.6) is 5.75 Å². The number of alkyl carbamates (subject to hydrolysis) is 1. The van der Waals surface area contributed by atoms with Gasteiger partial charge in [-0.1, -0.05) is 55.7 Å². The molecule has 0 aliphatic carbocycles.